The number of likely N-dealkylation sites (tertiary alicyclic amines) is 1. The molecule has 1 N–H and O–H groups in total. The lowest BCUT2D eigenvalue weighted by atomic mass is 9.96. The van der Waals surface area contributed by atoms with Crippen LogP contribution in [-0.4, -0.2) is 31.1 Å². The zero-order valence-electron chi connectivity index (χ0n) is 11.6. The third kappa shape index (κ3) is 4.43. The van der Waals surface area contributed by atoms with Crippen molar-refractivity contribution in [3.63, 3.8) is 0 Å². The van der Waals surface area contributed by atoms with E-state index in [1.165, 1.54) is 44.5 Å². The van der Waals surface area contributed by atoms with E-state index in [-0.39, 0.29) is 0 Å². The fourth-order valence-electron chi connectivity index (χ4n) is 2.75. The lowest BCUT2D eigenvalue weighted by molar-refractivity contribution is 0.172. The standard InChI is InChI=1S/C16H26N2/c1-2-15-9-6-11-18(14-15)12-10-17-13-16-7-4-3-5-8-16/h3-5,7-8,15,17H,2,6,9-14H2,1H3. The van der Waals surface area contributed by atoms with Crippen LogP contribution in [-0.2, 0) is 6.54 Å². The first-order valence-electron chi connectivity index (χ1n) is 7.35. The summed E-state index contributed by atoms with van der Waals surface area (Å²) in [5, 5.41) is 3.54. The van der Waals surface area contributed by atoms with Crippen LogP contribution in [0.2, 0.25) is 0 Å². The summed E-state index contributed by atoms with van der Waals surface area (Å²) in [6.07, 6.45) is 4.16. The van der Waals surface area contributed by atoms with E-state index in [0.29, 0.717) is 0 Å². The van der Waals surface area contributed by atoms with Crippen molar-refractivity contribution in [3.8, 4) is 0 Å². The fourth-order valence-corrected chi connectivity index (χ4v) is 2.75. The highest BCUT2D eigenvalue weighted by Crippen LogP contribution is 2.18. The molecule has 0 aliphatic carbocycles. The van der Waals surface area contributed by atoms with E-state index >= 15 is 0 Å². The van der Waals surface area contributed by atoms with E-state index in [1.807, 2.05) is 0 Å². The first kappa shape index (κ1) is 13.6. The van der Waals surface area contributed by atoms with Crippen molar-refractivity contribution in [2.24, 2.45) is 5.92 Å². The summed E-state index contributed by atoms with van der Waals surface area (Å²) in [4.78, 5) is 2.62. The number of hydrogen-bond acceptors (Lipinski definition) is 2. The van der Waals surface area contributed by atoms with Gasteiger partial charge < -0.3 is 10.2 Å². The molecule has 1 unspecified atom stereocenters. The molecule has 100 valence electrons. The summed E-state index contributed by atoms with van der Waals surface area (Å²) in [7, 11) is 0. The van der Waals surface area contributed by atoms with Gasteiger partial charge in [-0.25, -0.2) is 0 Å². The van der Waals surface area contributed by atoms with Gasteiger partial charge in [-0.15, -0.1) is 0 Å². The highest BCUT2D eigenvalue weighted by atomic mass is 15.1. The average Bonchev–Trinajstić information content (AvgIpc) is 2.45. The molecule has 0 saturated carbocycles. The molecule has 1 aromatic rings. The van der Waals surface area contributed by atoms with Crippen LogP contribution in [0, 0.1) is 5.92 Å². The van der Waals surface area contributed by atoms with Gasteiger partial charge >= 0.3 is 0 Å². The molecule has 0 bridgehead atoms. The highest BCUT2D eigenvalue weighted by Gasteiger charge is 2.17. The molecule has 2 rings (SSSR count). The molecule has 1 heterocycles. The molecule has 0 spiro atoms. The lowest BCUT2D eigenvalue weighted by Gasteiger charge is -2.32. The minimum atomic E-state index is 0.938. The SMILES string of the molecule is CCC1CCCN(CCNCc2ccccc2)C1. The summed E-state index contributed by atoms with van der Waals surface area (Å²) in [5.41, 5.74) is 1.38. The Balaban J connectivity index is 1.60. The predicted molar refractivity (Wildman–Crippen MR) is 77.6 cm³/mol. The van der Waals surface area contributed by atoms with Gasteiger partial charge in [0, 0.05) is 26.2 Å². The number of nitrogens with one attached hydrogen (secondary N) is 1. The molecular weight excluding hydrogens is 220 g/mol. The molecule has 1 saturated heterocycles. The number of piperidine rings is 1. The first-order valence-corrected chi connectivity index (χ1v) is 7.35. The molecule has 2 nitrogen and oxygen atoms in total. The van der Waals surface area contributed by atoms with E-state index in [2.05, 4.69) is 47.5 Å². The summed E-state index contributed by atoms with van der Waals surface area (Å²) >= 11 is 0. The Hall–Kier alpha value is -0.860. The Bertz CT molecular complexity index is 323. The smallest absolute Gasteiger partial charge is 0.0206 e. The minimum Gasteiger partial charge on any atom is -0.311 e. The third-order valence-corrected chi connectivity index (χ3v) is 3.96. The predicted octanol–water partition coefficient (Wildman–Crippen LogP) is 2.90. The molecule has 1 aliphatic heterocycles. The minimum absolute atomic E-state index is 0.938. The second kappa shape index (κ2) is 7.55. The number of nitrogens with zero attached hydrogens (tertiary/aromatic N) is 1. The second-order valence-corrected chi connectivity index (χ2v) is 5.38. The van der Waals surface area contributed by atoms with Crippen LogP contribution in [0.3, 0.4) is 0 Å². The Morgan fingerprint density at radius 2 is 2.11 bits per heavy atom. The molecule has 18 heavy (non-hydrogen) atoms. The Kier molecular flexibility index (Phi) is 5.69. The van der Waals surface area contributed by atoms with Gasteiger partial charge in [-0.3, -0.25) is 0 Å². The van der Waals surface area contributed by atoms with Crippen LogP contribution < -0.4 is 5.32 Å². The van der Waals surface area contributed by atoms with E-state index in [0.717, 1.165) is 19.0 Å². The number of rotatable bonds is 6. The van der Waals surface area contributed by atoms with Gasteiger partial charge in [-0.1, -0.05) is 43.7 Å². The molecule has 0 radical (unpaired) electrons. The number of hydrogen-bond donors (Lipinski definition) is 1. The first-order chi connectivity index (χ1) is 8.88. The molecule has 1 aromatic carbocycles. The van der Waals surface area contributed by atoms with Gasteiger partial charge in [0.05, 0.1) is 0 Å². The van der Waals surface area contributed by atoms with Crippen molar-refractivity contribution in [3.05, 3.63) is 35.9 Å². The van der Waals surface area contributed by atoms with Gasteiger partial charge in [0.1, 0.15) is 0 Å². The molecule has 1 atom stereocenters. The lowest BCUT2D eigenvalue weighted by Crippen LogP contribution is -2.39. The van der Waals surface area contributed by atoms with E-state index in [4.69, 9.17) is 0 Å². The summed E-state index contributed by atoms with van der Waals surface area (Å²) in [6.45, 7) is 8.22. The monoisotopic (exact) mass is 246 g/mol. The molecule has 1 aliphatic rings. The maximum atomic E-state index is 3.54. The number of benzene rings is 1. The van der Waals surface area contributed by atoms with Crippen molar-refractivity contribution in [2.45, 2.75) is 32.7 Å². The molecule has 2 heteroatoms. The van der Waals surface area contributed by atoms with Crippen molar-refractivity contribution in [1.82, 2.24) is 10.2 Å². The van der Waals surface area contributed by atoms with Crippen molar-refractivity contribution < 1.29 is 0 Å². The van der Waals surface area contributed by atoms with E-state index in [9.17, 15) is 0 Å². The molecule has 0 aromatic heterocycles. The normalized spacial score (nSPS) is 21.1. The fraction of sp³-hybridized carbons (Fsp3) is 0.625. The summed E-state index contributed by atoms with van der Waals surface area (Å²) < 4.78 is 0. The van der Waals surface area contributed by atoms with Crippen LogP contribution >= 0.6 is 0 Å². The van der Waals surface area contributed by atoms with Crippen LogP contribution in [0.5, 0.6) is 0 Å². The second-order valence-electron chi connectivity index (χ2n) is 5.38. The summed E-state index contributed by atoms with van der Waals surface area (Å²) in [6, 6.07) is 10.6. The van der Waals surface area contributed by atoms with Gasteiger partial charge in [0.2, 0.25) is 0 Å². The van der Waals surface area contributed by atoms with Gasteiger partial charge in [0.15, 0.2) is 0 Å². The van der Waals surface area contributed by atoms with Crippen LogP contribution in [0.15, 0.2) is 30.3 Å². The molecule has 1 fully saturated rings. The van der Waals surface area contributed by atoms with Crippen LogP contribution in [0.25, 0.3) is 0 Å². The quantitative estimate of drug-likeness (QED) is 0.776. The van der Waals surface area contributed by atoms with E-state index in [1.54, 1.807) is 0 Å². The summed E-state index contributed by atoms with van der Waals surface area (Å²) in [5.74, 6) is 0.938. The van der Waals surface area contributed by atoms with E-state index < -0.39 is 0 Å². The van der Waals surface area contributed by atoms with Gasteiger partial charge in [-0.2, -0.15) is 0 Å². The van der Waals surface area contributed by atoms with Crippen molar-refractivity contribution in [1.29, 1.82) is 0 Å². The Morgan fingerprint density at radius 3 is 2.89 bits per heavy atom. The van der Waals surface area contributed by atoms with Gasteiger partial charge in [-0.05, 0) is 30.9 Å². The Morgan fingerprint density at radius 1 is 1.28 bits per heavy atom. The zero-order chi connectivity index (χ0) is 12.6. The largest absolute Gasteiger partial charge is 0.311 e. The van der Waals surface area contributed by atoms with Crippen LogP contribution in [0.4, 0.5) is 0 Å². The average molecular weight is 246 g/mol. The topological polar surface area (TPSA) is 15.3 Å². The molecule has 0 amide bonds. The maximum absolute atomic E-state index is 3.54. The third-order valence-electron chi connectivity index (χ3n) is 3.96. The van der Waals surface area contributed by atoms with Crippen LogP contribution in [0.1, 0.15) is 31.7 Å². The van der Waals surface area contributed by atoms with Gasteiger partial charge in [0.25, 0.3) is 0 Å². The zero-order valence-corrected chi connectivity index (χ0v) is 11.6. The molecular formula is C16H26N2. The van der Waals surface area contributed by atoms with Crippen molar-refractivity contribution >= 4 is 0 Å². The Labute approximate surface area is 111 Å². The highest BCUT2D eigenvalue weighted by molar-refractivity contribution is 5.14. The maximum Gasteiger partial charge on any atom is 0.0206 e. The van der Waals surface area contributed by atoms with Crippen molar-refractivity contribution in [2.75, 3.05) is 26.2 Å².